The van der Waals surface area contributed by atoms with Gasteiger partial charge in [0.2, 0.25) is 0 Å². The third-order valence-corrected chi connectivity index (χ3v) is 17.0. The number of para-hydroxylation sites is 2. The Kier molecular flexibility index (Phi) is 13.0. The number of benzene rings is 5. The normalized spacial score (nSPS) is 15.9. The molecule has 60 heavy (non-hydrogen) atoms. The number of ether oxygens (including phenoxy) is 3. The Morgan fingerprint density at radius 1 is 0.683 bits per heavy atom. The van der Waals surface area contributed by atoms with Crippen molar-refractivity contribution < 1.29 is 43.2 Å². The average Bonchev–Trinajstić information content (AvgIpc) is 3.26. The molecule has 0 radical (unpaired) electrons. The third kappa shape index (κ3) is 8.16. The number of nitrogens with zero attached hydrogens (tertiary/aromatic N) is 3. The molecule has 1 aliphatic rings. The van der Waals surface area contributed by atoms with Crippen molar-refractivity contribution in [1.29, 1.82) is 0 Å². The van der Waals surface area contributed by atoms with Crippen molar-refractivity contribution in [1.82, 2.24) is 10.2 Å². The van der Waals surface area contributed by atoms with E-state index in [-0.39, 0.29) is 41.8 Å². The Hall–Kier alpha value is -6.99. The van der Waals surface area contributed by atoms with Crippen molar-refractivity contribution in [2.24, 2.45) is 5.92 Å². The van der Waals surface area contributed by atoms with Gasteiger partial charge in [-0.3, -0.25) is 10.1 Å². The summed E-state index contributed by atoms with van der Waals surface area (Å²) in [6.07, 6.45) is -1.00. The molecule has 0 saturated carbocycles. The van der Waals surface area contributed by atoms with Gasteiger partial charge in [-0.2, -0.15) is 0 Å². The number of rotatable bonds is 17. The van der Waals surface area contributed by atoms with Gasteiger partial charge in [-0.1, -0.05) is 6.07 Å². The number of amides is 2. The maximum absolute atomic E-state index is 15.8. The molecule has 0 bridgehead atoms. The van der Waals surface area contributed by atoms with E-state index in [2.05, 4.69) is 5.32 Å². The van der Waals surface area contributed by atoms with E-state index in [4.69, 9.17) is 14.2 Å². The fourth-order valence-corrected chi connectivity index (χ4v) is 13.9. The fourth-order valence-electron chi connectivity index (χ4n) is 8.02. The second-order valence-corrected chi connectivity index (χ2v) is 19.1. The second kappa shape index (κ2) is 18.3. The van der Waals surface area contributed by atoms with Gasteiger partial charge in [0.25, 0.3) is 0 Å². The van der Waals surface area contributed by atoms with E-state index < -0.39 is 71.3 Å². The third-order valence-electron chi connectivity index (χ3n) is 10.9. The monoisotopic (exact) mass is 834 g/mol. The van der Waals surface area contributed by atoms with Crippen LogP contribution in [-0.4, -0.2) is 63.4 Å². The number of alkyl carbamates (subject to hydrolysis) is 1. The summed E-state index contributed by atoms with van der Waals surface area (Å²) >= 11 is 0. The number of β-lactam (4-membered cyclic amide) rings is 1. The molecule has 0 spiro atoms. The Balaban J connectivity index is 1.44. The number of likely N-dealkylation sites (tertiary alicyclic amines) is 1. The first-order chi connectivity index (χ1) is 28.9. The maximum atomic E-state index is 15.8. The predicted molar refractivity (Wildman–Crippen MR) is 225 cm³/mol. The van der Waals surface area contributed by atoms with Crippen molar-refractivity contribution in [2.45, 2.75) is 45.6 Å². The number of esters is 1. The van der Waals surface area contributed by atoms with Gasteiger partial charge in [0.05, 0.1) is 0 Å². The van der Waals surface area contributed by atoms with Crippen LogP contribution in [0.5, 0.6) is 0 Å². The molecule has 15 nitrogen and oxygen atoms in total. The molecule has 1 fully saturated rings. The molecule has 1 aliphatic heterocycles. The number of carbonyl (C=O) groups is 4. The number of nitrogens with one attached hydrogen (secondary N) is 1. The van der Waals surface area contributed by atoms with Crippen molar-refractivity contribution in [3.8, 4) is 0 Å². The molecule has 0 aliphatic carbocycles. The zero-order valence-corrected chi connectivity index (χ0v) is 33.7. The van der Waals surface area contributed by atoms with Crippen LogP contribution in [-0.2, 0) is 37.0 Å². The van der Waals surface area contributed by atoms with Crippen LogP contribution in [0.2, 0.25) is 0 Å². The van der Waals surface area contributed by atoms with Crippen LogP contribution < -0.4 is 21.2 Å². The van der Waals surface area contributed by atoms with Gasteiger partial charge in [-0.15, -0.1) is 0 Å². The zero-order valence-electron chi connectivity index (χ0n) is 32.8. The van der Waals surface area contributed by atoms with Crippen molar-refractivity contribution in [3.05, 3.63) is 171 Å². The Morgan fingerprint density at radius 3 is 1.57 bits per heavy atom. The minimum absolute atomic E-state index is 0.0881. The van der Waals surface area contributed by atoms with Gasteiger partial charge in [0.1, 0.15) is 0 Å². The van der Waals surface area contributed by atoms with E-state index in [0.717, 1.165) is 0 Å². The Bertz CT molecular complexity index is 2280. The van der Waals surface area contributed by atoms with Crippen LogP contribution in [0.25, 0.3) is 0 Å². The molecule has 5 aromatic carbocycles. The van der Waals surface area contributed by atoms with Crippen LogP contribution in [0, 0.1) is 26.1 Å². The van der Waals surface area contributed by atoms with Gasteiger partial charge < -0.3 is 0 Å². The molecule has 1 N–H and O–H groups in total. The summed E-state index contributed by atoms with van der Waals surface area (Å²) in [5, 5.41) is 27.9. The molecular formula is C44H43N4O11P. The SMILES string of the molecule is CC(=O)OCCC1C(C(C)NC(=O)OCc2ccccc2[N+](=O)[O-])C(=O)N1CP(C(=O)OCc1ccccc1[N+](=O)[O-])(c1ccccc1)(c1ccccc1)c1ccccc1. The van der Waals surface area contributed by atoms with Crippen LogP contribution in [0.15, 0.2) is 140 Å². The van der Waals surface area contributed by atoms with Gasteiger partial charge in [0.15, 0.2) is 0 Å². The summed E-state index contributed by atoms with van der Waals surface area (Å²) in [6.45, 7) is -2.81. The molecule has 16 heteroatoms. The van der Waals surface area contributed by atoms with E-state index in [1.54, 1.807) is 78.6 Å². The molecule has 3 atom stereocenters. The first kappa shape index (κ1) is 42.6. The Morgan fingerprint density at radius 2 is 1.12 bits per heavy atom. The number of nitro benzene ring substituents is 2. The van der Waals surface area contributed by atoms with Crippen molar-refractivity contribution in [3.63, 3.8) is 0 Å². The standard InChI is InChI=1S/C44H43N4O11P/c1-31(45-43(51)58-28-33-16-12-14-24-38(33)47(53)54)41-40(26-27-57-32(2)49)46(42(41)50)30-60(35-18-6-3-7-19-35,36-20-8-4-9-21-36,37-22-10-5-11-23-37)44(52)59-29-34-17-13-15-25-39(34)48(55)56/h3-25,31,40-41H,26-30H2,1-2H3,(H,45,51). The van der Waals surface area contributed by atoms with Crippen LogP contribution >= 0.6 is 6.60 Å². The van der Waals surface area contributed by atoms with Gasteiger partial charge >= 0.3 is 330 Å². The van der Waals surface area contributed by atoms with E-state index in [1.165, 1.54) is 43.3 Å². The fraction of sp³-hybridized carbons (Fsp3) is 0.227. The zero-order chi connectivity index (χ0) is 42.9. The molecule has 3 unspecified atom stereocenters. The van der Waals surface area contributed by atoms with E-state index in [9.17, 15) is 34.6 Å². The van der Waals surface area contributed by atoms with E-state index in [1.807, 2.05) is 36.4 Å². The van der Waals surface area contributed by atoms with Crippen molar-refractivity contribution in [2.75, 3.05) is 12.9 Å². The number of hydrogen-bond acceptors (Lipinski definition) is 11. The molecule has 1 heterocycles. The van der Waals surface area contributed by atoms with Crippen LogP contribution in [0.1, 0.15) is 31.4 Å². The molecule has 310 valence electrons. The van der Waals surface area contributed by atoms with Crippen molar-refractivity contribution >= 4 is 57.6 Å². The van der Waals surface area contributed by atoms with Gasteiger partial charge in [-0.25, -0.2) is 0 Å². The van der Waals surface area contributed by atoms with Gasteiger partial charge in [-0.05, 0) is 0 Å². The number of hydrogen-bond donors (Lipinski definition) is 1. The van der Waals surface area contributed by atoms with E-state index >= 15 is 4.79 Å². The number of carbonyl (C=O) groups excluding carboxylic acids is 4. The molecule has 5 aromatic rings. The summed E-state index contributed by atoms with van der Waals surface area (Å²) in [6, 6.07) is 37.3. The molecular weight excluding hydrogens is 791 g/mol. The summed E-state index contributed by atoms with van der Waals surface area (Å²) in [5.41, 5.74) is -0.778. The molecule has 2 amide bonds. The predicted octanol–water partition coefficient (Wildman–Crippen LogP) is 6.72. The quantitative estimate of drug-likeness (QED) is 0.0261. The van der Waals surface area contributed by atoms with Crippen LogP contribution in [0.4, 0.5) is 21.0 Å². The first-order valence-electron chi connectivity index (χ1n) is 19.1. The molecule has 0 aromatic heterocycles. The first-order valence-corrected chi connectivity index (χ1v) is 21.5. The Labute approximate surface area is 345 Å². The molecule has 1 saturated heterocycles. The van der Waals surface area contributed by atoms with Crippen LogP contribution in [0.3, 0.4) is 0 Å². The topological polar surface area (TPSA) is 198 Å². The average molecular weight is 835 g/mol. The second-order valence-electron chi connectivity index (χ2n) is 14.3. The summed E-state index contributed by atoms with van der Waals surface area (Å²) < 4.78 is 17.0. The molecule has 6 rings (SSSR count). The summed E-state index contributed by atoms with van der Waals surface area (Å²) in [4.78, 5) is 79.6. The summed E-state index contributed by atoms with van der Waals surface area (Å²) in [7, 11) is 0. The van der Waals surface area contributed by atoms with E-state index in [0.29, 0.717) is 15.9 Å². The minimum atomic E-state index is -4.76. The van der Waals surface area contributed by atoms with Gasteiger partial charge in [0, 0.05) is 0 Å². The summed E-state index contributed by atoms with van der Waals surface area (Å²) in [5.74, 6) is -1.84. The number of nitro groups is 2.